The Labute approximate surface area is 147 Å². The van der Waals surface area contributed by atoms with Crippen LogP contribution < -0.4 is 0 Å². The lowest BCUT2D eigenvalue weighted by molar-refractivity contribution is -0.139. The van der Waals surface area contributed by atoms with Crippen LogP contribution in [-0.2, 0) is 16.1 Å². The zero-order valence-corrected chi connectivity index (χ0v) is 14.4. The van der Waals surface area contributed by atoms with Gasteiger partial charge in [-0.25, -0.2) is 4.98 Å². The Hall–Kier alpha value is -1.92. The number of rotatable bonds is 3. The summed E-state index contributed by atoms with van der Waals surface area (Å²) in [7, 11) is 0. The molecule has 132 valence electrons. The van der Waals surface area contributed by atoms with E-state index in [4.69, 9.17) is 4.74 Å². The van der Waals surface area contributed by atoms with Crippen LogP contribution in [0.4, 0.5) is 0 Å². The van der Waals surface area contributed by atoms with Gasteiger partial charge in [0.25, 0.3) is 0 Å². The van der Waals surface area contributed by atoms with Gasteiger partial charge in [0.15, 0.2) is 0 Å². The van der Waals surface area contributed by atoms with Crippen LogP contribution in [0, 0.1) is 5.92 Å². The number of carbonyl (C=O) groups is 1. The molecule has 3 aliphatic rings. The number of hydrogen-bond acceptors (Lipinski definition) is 4. The fourth-order valence-corrected chi connectivity index (χ4v) is 4.55. The summed E-state index contributed by atoms with van der Waals surface area (Å²) in [6, 6.07) is 8.12. The van der Waals surface area contributed by atoms with Crippen LogP contribution in [0.25, 0.3) is 11.0 Å². The van der Waals surface area contributed by atoms with Gasteiger partial charge >= 0.3 is 0 Å². The maximum atomic E-state index is 12.8. The molecule has 4 heterocycles. The Morgan fingerprint density at radius 3 is 2.76 bits per heavy atom. The van der Waals surface area contributed by atoms with Crippen molar-refractivity contribution in [3.63, 3.8) is 0 Å². The van der Waals surface area contributed by atoms with Crippen molar-refractivity contribution < 1.29 is 9.53 Å². The summed E-state index contributed by atoms with van der Waals surface area (Å²) in [5, 5.41) is 0. The number of nitrogens with one attached hydrogen (secondary N) is 1. The zero-order chi connectivity index (χ0) is 16.8. The van der Waals surface area contributed by atoms with Crippen LogP contribution >= 0.6 is 0 Å². The van der Waals surface area contributed by atoms with Crippen molar-refractivity contribution in [1.82, 2.24) is 19.8 Å². The summed E-state index contributed by atoms with van der Waals surface area (Å²) < 4.78 is 5.86. The van der Waals surface area contributed by atoms with Gasteiger partial charge in [0.05, 0.1) is 35.7 Å². The number of piperazine rings is 1. The third-order valence-electron chi connectivity index (χ3n) is 5.92. The van der Waals surface area contributed by atoms with E-state index in [1.807, 2.05) is 23.1 Å². The molecule has 3 atom stereocenters. The third-order valence-corrected chi connectivity index (χ3v) is 5.92. The minimum atomic E-state index is 0.112. The molecule has 5 rings (SSSR count). The van der Waals surface area contributed by atoms with Gasteiger partial charge in [-0.3, -0.25) is 9.69 Å². The highest BCUT2D eigenvalue weighted by Gasteiger charge is 2.45. The molecule has 0 saturated carbocycles. The Bertz CT molecular complexity index is 748. The number of ether oxygens (including phenoxy) is 1. The molecule has 0 aliphatic carbocycles. The van der Waals surface area contributed by atoms with Gasteiger partial charge in [0.1, 0.15) is 5.82 Å². The van der Waals surface area contributed by atoms with Gasteiger partial charge in [-0.2, -0.15) is 0 Å². The quantitative estimate of drug-likeness (QED) is 0.925. The number of nitrogens with zero attached hydrogens (tertiary/aromatic N) is 3. The number of carbonyl (C=O) groups excluding carboxylic acids is 1. The number of amides is 1. The molecule has 1 aromatic heterocycles. The lowest BCUT2D eigenvalue weighted by Crippen LogP contribution is -2.51. The van der Waals surface area contributed by atoms with Gasteiger partial charge in [-0.15, -0.1) is 0 Å². The Morgan fingerprint density at radius 1 is 1.20 bits per heavy atom. The molecular weight excluding hydrogens is 316 g/mol. The van der Waals surface area contributed by atoms with Crippen LogP contribution in [0.1, 0.15) is 25.1 Å². The molecule has 1 amide bonds. The molecule has 1 aromatic carbocycles. The zero-order valence-electron chi connectivity index (χ0n) is 14.4. The van der Waals surface area contributed by atoms with E-state index >= 15 is 0 Å². The molecule has 2 aromatic rings. The summed E-state index contributed by atoms with van der Waals surface area (Å²) in [6.07, 6.45) is 3.66. The molecule has 6 nitrogen and oxygen atoms in total. The highest BCUT2D eigenvalue weighted by atomic mass is 16.5. The van der Waals surface area contributed by atoms with Crippen molar-refractivity contribution in [2.75, 3.05) is 26.2 Å². The predicted octanol–water partition coefficient (Wildman–Crippen LogP) is 1.77. The average molecular weight is 340 g/mol. The van der Waals surface area contributed by atoms with E-state index in [2.05, 4.69) is 20.9 Å². The third kappa shape index (κ3) is 2.83. The molecule has 0 spiro atoms. The van der Waals surface area contributed by atoms with E-state index in [0.717, 1.165) is 68.8 Å². The normalized spacial score (nSPS) is 29.6. The van der Waals surface area contributed by atoms with Crippen molar-refractivity contribution in [2.24, 2.45) is 5.92 Å². The molecule has 6 heteroatoms. The van der Waals surface area contributed by atoms with Gasteiger partial charge in [-0.1, -0.05) is 12.1 Å². The number of H-pyrrole nitrogens is 1. The molecule has 1 N–H and O–H groups in total. The van der Waals surface area contributed by atoms with Crippen molar-refractivity contribution in [1.29, 1.82) is 0 Å². The SMILES string of the molecule is O=C([C@H]1C[C@H]2CC[C@@H]1O2)N1CCN(Cc2nc3ccccc3[nH]2)CC1. The standard InChI is InChI=1S/C19H24N4O2/c24-19(14-11-13-5-6-17(14)25-13)23-9-7-22(8-10-23)12-18-20-15-3-1-2-4-16(15)21-18/h1-4,13-14,17H,5-12H2,(H,20,21)/t13-,14+,17+/m1/s1. The second kappa shape index (κ2) is 6.11. The molecule has 0 radical (unpaired) electrons. The van der Waals surface area contributed by atoms with Crippen molar-refractivity contribution >= 4 is 16.9 Å². The summed E-state index contributed by atoms with van der Waals surface area (Å²) >= 11 is 0. The lowest BCUT2D eigenvalue weighted by Gasteiger charge is -2.36. The second-order valence-electron chi connectivity index (χ2n) is 7.52. The highest BCUT2D eigenvalue weighted by molar-refractivity contribution is 5.80. The summed E-state index contributed by atoms with van der Waals surface area (Å²) in [5.41, 5.74) is 2.10. The molecule has 3 saturated heterocycles. The number of benzene rings is 1. The van der Waals surface area contributed by atoms with Gasteiger partial charge in [0.2, 0.25) is 5.91 Å². The summed E-state index contributed by atoms with van der Waals surface area (Å²) in [6.45, 7) is 4.25. The molecule has 3 fully saturated rings. The Balaban J connectivity index is 1.18. The van der Waals surface area contributed by atoms with Crippen molar-refractivity contribution in [3.8, 4) is 0 Å². The molecule has 3 aliphatic heterocycles. The highest BCUT2D eigenvalue weighted by Crippen LogP contribution is 2.39. The Morgan fingerprint density at radius 2 is 2.04 bits per heavy atom. The molecule has 2 bridgehead atoms. The number of fused-ring (bicyclic) bond motifs is 3. The van der Waals surface area contributed by atoms with E-state index < -0.39 is 0 Å². The summed E-state index contributed by atoms with van der Waals surface area (Å²) in [4.78, 5) is 25.2. The summed E-state index contributed by atoms with van der Waals surface area (Å²) in [5.74, 6) is 1.43. The fourth-order valence-electron chi connectivity index (χ4n) is 4.55. The smallest absolute Gasteiger partial charge is 0.228 e. The van der Waals surface area contributed by atoms with Crippen molar-refractivity contribution in [2.45, 2.75) is 38.0 Å². The first-order valence-corrected chi connectivity index (χ1v) is 9.36. The largest absolute Gasteiger partial charge is 0.374 e. The van der Waals surface area contributed by atoms with E-state index in [-0.39, 0.29) is 12.0 Å². The maximum absolute atomic E-state index is 12.8. The van der Waals surface area contributed by atoms with Crippen LogP contribution in [0.3, 0.4) is 0 Å². The monoisotopic (exact) mass is 340 g/mol. The first kappa shape index (κ1) is 15.3. The molecular formula is C19H24N4O2. The van der Waals surface area contributed by atoms with E-state index in [1.165, 1.54) is 0 Å². The average Bonchev–Trinajstić information content (AvgIpc) is 3.36. The van der Waals surface area contributed by atoms with Crippen LogP contribution in [0.5, 0.6) is 0 Å². The van der Waals surface area contributed by atoms with Crippen LogP contribution in [0.2, 0.25) is 0 Å². The fraction of sp³-hybridized carbons (Fsp3) is 0.579. The van der Waals surface area contributed by atoms with Crippen LogP contribution in [-0.4, -0.2) is 64.1 Å². The van der Waals surface area contributed by atoms with Gasteiger partial charge < -0.3 is 14.6 Å². The van der Waals surface area contributed by atoms with E-state index in [1.54, 1.807) is 0 Å². The first-order chi connectivity index (χ1) is 12.3. The number of aromatic amines is 1. The number of aromatic nitrogens is 2. The van der Waals surface area contributed by atoms with Crippen molar-refractivity contribution in [3.05, 3.63) is 30.1 Å². The van der Waals surface area contributed by atoms with E-state index in [9.17, 15) is 4.79 Å². The first-order valence-electron chi connectivity index (χ1n) is 9.36. The molecule has 0 unspecified atom stereocenters. The number of para-hydroxylation sites is 2. The maximum Gasteiger partial charge on any atom is 0.228 e. The van der Waals surface area contributed by atoms with E-state index in [0.29, 0.717) is 12.0 Å². The second-order valence-corrected chi connectivity index (χ2v) is 7.52. The minimum absolute atomic E-state index is 0.112. The van der Waals surface area contributed by atoms with Gasteiger partial charge in [0, 0.05) is 26.2 Å². The van der Waals surface area contributed by atoms with Crippen LogP contribution in [0.15, 0.2) is 24.3 Å². The number of imidazole rings is 1. The Kier molecular flexibility index (Phi) is 3.75. The number of hydrogen-bond donors (Lipinski definition) is 1. The predicted molar refractivity (Wildman–Crippen MR) is 94.0 cm³/mol. The lowest BCUT2D eigenvalue weighted by atomic mass is 9.88. The molecule has 25 heavy (non-hydrogen) atoms. The van der Waals surface area contributed by atoms with Gasteiger partial charge in [-0.05, 0) is 31.4 Å². The topological polar surface area (TPSA) is 61.5 Å². The minimum Gasteiger partial charge on any atom is -0.374 e.